The Labute approximate surface area is 74.0 Å². The van der Waals surface area contributed by atoms with Crippen molar-refractivity contribution in [1.29, 1.82) is 0 Å². The zero-order chi connectivity index (χ0) is 9.35. The van der Waals surface area contributed by atoms with Gasteiger partial charge in [0.15, 0.2) is 0 Å². The number of hydrogen-bond acceptors (Lipinski definition) is 2. The minimum Gasteiger partial charge on any atom is -0.393 e. The van der Waals surface area contributed by atoms with Crippen molar-refractivity contribution in [3.05, 3.63) is 0 Å². The molecule has 0 aromatic heterocycles. The minimum atomic E-state index is -0.257. The third-order valence-electron chi connectivity index (χ3n) is 2.67. The van der Waals surface area contributed by atoms with Crippen LogP contribution in [0.25, 0.3) is 0 Å². The fourth-order valence-electron chi connectivity index (χ4n) is 1.84. The highest BCUT2D eigenvalue weighted by Crippen LogP contribution is 2.35. The highest BCUT2D eigenvalue weighted by Gasteiger charge is 2.35. The Balaban J connectivity index is 2.68. The lowest BCUT2D eigenvalue weighted by molar-refractivity contribution is -0.131. The van der Waals surface area contributed by atoms with Crippen LogP contribution in [-0.2, 0) is 4.79 Å². The molecule has 1 fully saturated rings. The van der Waals surface area contributed by atoms with Crippen LogP contribution in [-0.4, -0.2) is 17.0 Å². The molecule has 0 radical (unpaired) electrons. The van der Waals surface area contributed by atoms with Gasteiger partial charge >= 0.3 is 0 Å². The quantitative estimate of drug-likeness (QED) is 0.601. The van der Waals surface area contributed by atoms with E-state index < -0.39 is 0 Å². The molecule has 0 spiro atoms. The lowest BCUT2D eigenvalue weighted by Crippen LogP contribution is -2.36. The Morgan fingerprint density at radius 3 is 2.42 bits per heavy atom. The molecule has 0 unspecified atom stereocenters. The summed E-state index contributed by atoms with van der Waals surface area (Å²) in [5.74, 6) is 0.383. The van der Waals surface area contributed by atoms with E-state index in [9.17, 15) is 9.90 Å². The van der Waals surface area contributed by atoms with Crippen LogP contribution < -0.4 is 0 Å². The first kappa shape index (κ1) is 9.72. The van der Waals surface area contributed by atoms with Gasteiger partial charge in [-0.05, 0) is 18.3 Å². The molecule has 2 atom stereocenters. The molecule has 0 amide bonds. The van der Waals surface area contributed by atoms with Gasteiger partial charge < -0.3 is 5.11 Å². The largest absolute Gasteiger partial charge is 0.393 e. The third-order valence-corrected chi connectivity index (χ3v) is 2.67. The summed E-state index contributed by atoms with van der Waals surface area (Å²) in [6.45, 7) is 6.19. The Hall–Kier alpha value is -0.370. The van der Waals surface area contributed by atoms with Crippen molar-refractivity contribution in [3.63, 3.8) is 0 Å². The molecule has 12 heavy (non-hydrogen) atoms. The Bertz CT molecular complexity index is 179. The van der Waals surface area contributed by atoms with Gasteiger partial charge in [0.25, 0.3) is 0 Å². The molecule has 70 valence electrons. The summed E-state index contributed by atoms with van der Waals surface area (Å²) in [5.41, 5.74) is 0.0124. The van der Waals surface area contributed by atoms with E-state index in [4.69, 9.17) is 0 Å². The fraction of sp³-hybridized carbons (Fsp3) is 0.900. The Morgan fingerprint density at radius 1 is 1.42 bits per heavy atom. The number of aliphatic hydroxyl groups is 1. The molecule has 0 bridgehead atoms. The standard InChI is InChI=1S/C10H18O2/c1-10(2,3)8-6-7(11)4-5-9(8)12/h7-8,11H,4-6H2,1-3H3/t7-,8-/m0/s1. The van der Waals surface area contributed by atoms with Crippen LogP contribution >= 0.6 is 0 Å². The van der Waals surface area contributed by atoms with Gasteiger partial charge in [0, 0.05) is 12.3 Å². The van der Waals surface area contributed by atoms with Crippen LogP contribution in [0.3, 0.4) is 0 Å². The van der Waals surface area contributed by atoms with E-state index in [-0.39, 0.29) is 17.4 Å². The first-order valence-corrected chi connectivity index (χ1v) is 4.62. The van der Waals surface area contributed by atoms with Gasteiger partial charge in [0.05, 0.1) is 6.10 Å². The number of rotatable bonds is 0. The van der Waals surface area contributed by atoms with Gasteiger partial charge in [-0.2, -0.15) is 0 Å². The van der Waals surface area contributed by atoms with Crippen LogP contribution in [0.5, 0.6) is 0 Å². The molecule has 1 saturated carbocycles. The second kappa shape index (κ2) is 3.17. The summed E-state index contributed by atoms with van der Waals surface area (Å²) in [5, 5.41) is 9.41. The molecule has 2 heteroatoms. The van der Waals surface area contributed by atoms with Crippen molar-refractivity contribution < 1.29 is 9.90 Å². The van der Waals surface area contributed by atoms with E-state index in [0.717, 1.165) is 0 Å². The molecule has 1 aliphatic carbocycles. The van der Waals surface area contributed by atoms with E-state index in [0.29, 0.717) is 25.0 Å². The molecular weight excluding hydrogens is 152 g/mol. The molecular formula is C10H18O2. The molecule has 2 nitrogen and oxygen atoms in total. The number of hydrogen-bond donors (Lipinski definition) is 1. The van der Waals surface area contributed by atoms with Gasteiger partial charge in [-0.3, -0.25) is 4.79 Å². The van der Waals surface area contributed by atoms with Gasteiger partial charge in [-0.15, -0.1) is 0 Å². The normalized spacial score (nSPS) is 32.2. The highest BCUT2D eigenvalue weighted by molar-refractivity contribution is 5.82. The number of carbonyl (C=O) groups excluding carboxylic acids is 1. The van der Waals surface area contributed by atoms with E-state index in [1.54, 1.807) is 0 Å². The summed E-state index contributed by atoms with van der Waals surface area (Å²) < 4.78 is 0. The number of aliphatic hydroxyl groups excluding tert-OH is 1. The van der Waals surface area contributed by atoms with Crippen LogP contribution in [0.15, 0.2) is 0 Å². The van der Waals surface area contributed by atoms with Gasteiger partial charge in [0.2, 0.25) is 0 Å². The summed E-state index contributed by atoms with van der Waals surface area (Å²) in [7, 11) is 0. The van der Waals surface area contributed by atoms with Gasteiger partial charge in [-0.25, -0.2) is 0 Å². The Kier molecular flexibility index (Phi) is 2.57. The molecule has 1 rings (SSSR count). The second-order valence-electron chi connectivity index (χ2n) is 4.81. The number of ketones is 1. The van der Waals surface area contributed by atoms with Gasteiger partial charge in [0.1, 0.15) is 5.78 Å². The Morgan fingerprint density at radius 2 is 2.00 bits per heavy atom. The van der Waals surface area contributed by atoms with Crippen LogP contribution in [0.1, 0.15) is 40.0 Å². The minimum absolute atomic E-state index is 0.0124. The third kappa shape index (κ3) is 2.07. The summed E-state index contributed by atoms with van der Waals surface area (Å²) >= 11 is 0. The molecule has 0 aromatic rings. The van der Waals surface area contributed by atoms with Crippen molar-refractivity contribution in [3.8, 4) is 0 Å². The van der Waals surface area contributed by atoms with E-state index >= 15 is 0 Å². The maximum atomic E-state index is 11.5. The monoisotopic (exact) mass is 170 g/mol. The molecule has 0 saturated heterocycles. The molecule has 0 heterocycles. The maximum absolute atomic E-state index is 11.5. The molecule has 1 aliphatic rings. The van der Waals surface area contributed by atoms with Crippen molar-refractivity contribution in [2.45, 2.75) is 46.1 Å². The average Bonchev–Trinajstić information content (AvgIpc) is 1.92. The smallest absolute Gasteiger partial charge is 0.136 e. The van der Waals surface area contributed by atoms with E-state index in [2.05, 4.69) is 20.8 Å². The first-order valence-electron chi connectivity index (χ1n) is 4.62. The van der Waals surface area contributed by atoms with Crippen molar-refractivity contribution in [1.82, 2.24) is 0 Å². The topological polar surface area (TPSA) is 37.3 Å². The predicted molar refractivity (Wildman–Crippen MR) is 47.8 cm³/mol. The summed E-state index contributed by atoms with van der Waals surface area (Å²) in [6.07, 6.45) is 1.61. The van der Waals surface area contributed by atoms with E-state index in [1.165, 1.54) is 0 Å². The second-order valence-corrected chi connectivity index (χ2v) is 4.81. The summed E-state index contributed by atoms with van der Waals surface area (Å²) in [6, 6.07) is 0. The van der Waals surface area contributed by atoms with Crippen LogP contribution in [0, 0.1) is 11.3 Å². The average molecular weight is 170 g/mol. The number of Topliss-reactive ketones (excluding diaryl/α,β-unsaturated/α-hetero) is 1. The van der Waals surface area contributed by atoms with E-state index in [1.807, 2.05) is 0 Å². The van der Waals surface area contributed by atoms with Gasteiger partial charge in [-0.1, -0.05) is 20.8 Å². The zero-order valence-electron chi connectivity index (χ0n) is 8.13. The van der Waals surface area contributed by atoms with Crippen LogP contribution in [0.4, 0.5) is 0 Å². The number of carbonyl (C=O) groups is 1. The SMILES string of the molecule is CC(C)(C)[C@H]1C[C@@H](O)CCC1=O. The maximum Gasteiger partial charge on any atom is 0.136 e. The molecule has 1 N–H and O–H groups in total. The lowest BCUT2D eigenvalue weighted by atomic mass is 9.71. The highest BCUT2D eigenvalue weighted by atomic mass is 16.3. The fourth-order valence-corrected chi connectivity index (χ4v) is 1.84. The first-order chi connectivity index (χ1) is 5.41. The predicted octanol–water partition coefficient (Wildman–Crippen LogP) is 1.76. The van der Waals surface area contributed by atoms with Crippen molar-refractivity contribution in [2.75, 3.05) is 0 Å². The summed E-state index contributed by atoms with van der Waals surface area (Å²) in [4.78, 5) is 11.5. The molecule has 0 aliphatic heterocycles. The van der Waals surface area contributed by atoms with Crippen molar-refractivity contribution >= 4 is 5.78 Å². The van der Waals surface area contributed by atoms with Crippen LogP contribution in [0.2, 0.25) is 0 Å². The molecule has 0 aromatic carbocycles. The lowest BCUT2D eigenvalue weighted by Gasteiger charge is -2.34. The zero-order valence-corrected chi connectivity index (χ0v) is 8.13. The van der Waals surface area contributed by atoms with Crippen molar-refractivity contribution in [2.24, 2.45) is 11.3 Å².